The number of aromatic nitrogens is 2. The predicted molar refractivity (Wildman–Crippen MR) is 171 cm³/mol. The molecule has 2 nitrogen and oxygen atoms in total. The maximum Gasteiger partial charge on any atom is 0.0974 e. The van der Waals surface area contributed by atoms with Crippen molar-refractivity contribution in [1.82, 2.24) is 9.97 Å². The number of hydrogen-bond donors (Lipinski definition) is 0. The van der Waals surface area contributed by atoms with E-state index in [1.165, 1.54) is 43.8 Å². The molecule has 2 aromatic heterocycles. The van der Waals surface area contributed by atoms with E-state index in [0.29, 0.717) is 11.8 Å². The lowest BCUT2D eigenvalue weighted by Gasteiger charge is -2.15. The summed E-state index contributed by atoms with van der Waals surface area (Å²) in [6, 6.07) is 39.8. The summed E-state index contributed by atoms with van der Waals surface area (Å²) in [5, 5.41) is 7.40. The zero-order valence-electron chi connectivity index (χ0n) is 23.4. The summed E-state index contributed by atoms with van der Waals surface area (Å²) in [5.41, 5.74) is 9.02. The smallest absolute Gasteiger partial charge is 0.0974 e. The van der Waals surface area contributed by atoms with E-state index < -0.39 is 0 Å². The number of pyridine rings is 2. The molecule has 0 saturated heterocycles. The predicted octanol–water partition coefficient (Wildman–Crippen LogP) is 10.7. The maximum atomic E-state index is 5.17. The molecule has 2 heterocycles. The van der Waals surface area contributed by atoms with E-state index in [9.17, 15) is 0 Å². The van der Waals surface area contributed by atoms with Crippen LogP contribution in [0.5, 0.6) is 0 Å². The molecule has 7 aromatic rings. The molecule has 0 aliphatic heterocycles. The van der Waals surface area contributed by atoms with Crippen LogP contribution in [-0.4, -0.2) is 9.97 Å². The highest BCUT2D eigenvalue weighted by molar-refractivity contribution is 6.10. The van der Waals surface area contributed by atoms with Crippen molar-refractivity contribution < 1.29 is 0 Å². The van der Waals surface area contributed by atoms with Crippen LogP contribution in [-0.2, 0) is 0 Å². The molecule has 2 heteroatoms. The second-order valence-corrected chi connectivity index (χ2v) is 11.5. The Kier molecular flexibility index (Phi) is 5.86. The molecule has 0 saturated carbocycles. The zero-order chi connectivity index (χ0) is 27.4. The van der Waals surface area contributed by atoms with E-state index in [-0.39, 0.29) is 0 Å². The molecule has 40 heavy (non-hydrogen) atoms. The fourth-order valence-corrected chi connectivity index (χ4v) is 5.82. The lowest BCUT2D eigenvalue weighted by molar-refractivity contribution is 0.826. The number of hydrogen-bond acceptors (Lipinski definition) is 2. The second-order valence-electron chi connectivity index (χ2n) is 11.5. The third kappa shape index (κ3) is 4.12. The van der Waals surface area contributed by atoms with Gasteiger partial charge in [0.25, 0.3) is 0 Å². The minimum absolute atomic E-state index is 0.310. The maximum absolute atomic E-state index is 5.17. The van der Waals surface area contributed by atoms with Gasteiger partial charge in [-0.3, -0.25) is 9.97 Å². The number of benzene rings is 5. The minimum Gasteiger partial charge on any atom is -0.250 e. The zero-order valence-corrected chi connectivity index (χ0v) is 23.4. The lowest BCUT2D eigenvalue weighted by Crippen LogP contribution is -1.99. The van der Waals surface area contributed by atoms with Crippen molar-refractivity contribution in [3.63, 3.8) is 0 Å². The Morgan fingerprint density at radius 2 is 1.07 bits per heavy atom. The molecular weight excluding hydrogens is 484 g/mol. The Bertz CT molecular complexity index is 2070. The van der Waals surface area contributed by atoms with Crippen LogP contribution in [0.4, 0.5) is 0 Å². The Labute approximate surface area is 235 Å². The van der Waals surface area contributed by atoms with Gasteiger partial charge in [0.2, 0.25) is 0 Å². The molecule has 0 radical (unpaired) electrons. The summed E-state index contributed by atoms with van der Waals surface area (Å²) in [7, 11) is 0. The van der Waals surface area contributed by atoms with Crippen molar-refractivity contribution in [3.8, 4) is 22.3 Å². The van der Waals surface area contributed by atoms with Crippen LogP contribution < -0.4 is 0 Å². The van der Waals surface area contributed by atoms with E-state index in [0.717, 1.165) is 33.2 Å². The van der Waals surface area contributed by atoms with Crippen LogP contribution in [0.2, 0.25) is 0 Å². The summed E-state index contributed by atoms with van der Waals surface area (Å²) in [6.07, 6.45) is 0. The number of fused-ring (bicyclic) bond motifs is 6. The monoisotopic (exact) mass is 516 g/mol. The van der Waals surface area contributed by atoms with Gasteiger partial charge in [-0.05, 0) is 79.9 Å². The first-order valence-corrected chi connectivity index (χ1v) is 14.2. The molecule has 0 aliphatic carbocycles. The average Bonchev–Trinajstić information content (AvgIpc) is 2.99. The van der Waals surface area contributed by atoms with E-state index in [4.69, 9.17) is 9.97 Å². The largest absolute Gasteiger partial charge is 0.250 e. The van der Waals surface area contributed by atoms with Crippen LogP contribution >= 0.6 is 0 Å². The molecule has 0 aliphatic rings. The highest BCUT2D eigenvalue weighted by atomic mass is 14.8. The van der Waals surface area contributed by atoms with Gasteiger partial charge in [-0.15, -0.1) is 0 Å². The minimum atomic E-state index is 0.310. The van der Waals surface area contributed by atoms with E-state index in [2.05, 4.69) is 137 Å². The van der Waals surface area contributed by atoms with Crippen LogP contribution in [0.1, 0.15) is 50.9 Å². The molecule has 0 amide bonds. The molecule has 0 atom stereocenters. The molecule has 194 valence electrons. The molecule has 0 bridgehead atoms. The van der Waals surface area contributed by atoms with Crippen LogP contribution in [0.15, 0.2) is 109 Å². The standard InChI is InChI=1S/C38H32N2/c1-23(2)35-19-16-26-14-18-33-34(22-36(24(3)4)40-38(33)37(26)39-35)29-10-7-9-27(20-29)28-15-17-32-30(21-28)13-12-25-8-5-6-11-31(25)32/h5-24H,1-4H3. The summed E-state index contributed by atoms with van der Waals surface area (Å²) in [4.78, 5) is 10.3. The third-order valence-corrected chi connectivity index (χ3v) is 8.12. The third-order valence-electron chi connectivity index (χ3n) is 8.12. The normalized spacial score (nSPS) is 11.9. The highest BCUT2D eigenvalue weighted by Crippen LogP contribution is 2.37. The Morgan fingerprint density at radius 3 is 1.93 bits per heavy atom. The number of nitrogens with zero attached hydrogens (tertiary/aromatic N) is 2. The Hall–Kier alpha value is -4.56. The van der Waals surface area contributed by atoms with E-state index in [1.807, 2.05) is 0 Å². The van der Waals surface area contributed by atoms with Gasteiger partial charge in [-0.25, -0.2) is 0 Å². The van der Waals surface area contributed by atoms with Gasteiger partial charge >= 0.3 is 0 Å². The van der Waals surface area contributed by atoms with Gasteiger partial charge in [0.15, 0.2) is 0 Å². The first-order valence-electron chi connectivity index (χ1n) is 14.2. The molecular formula is C38H32N2. The summed E-state index contributed by atoms with van der Waals surface area (Å²) >= 11 is 0. The average molecular weight is 517 g/mol. The molecule has 0 fully saturated rings. The summed E-state index contributed by atoms with van der Waals surface area (Å²) in [6.45, 7) is 8.81. The molecule has 7 rings (SSSR count). The fourth-order valence-electron chi connectivity index (χ4n) is 5.82. The van der Waals surface area contributed by atoms with Crippen molar-refractivity contribution in [1.29, 1.82) is 0 Å². The van der Waals surface area contributed by atoms with Crippen LogP contribution in [0.3, 0.4) is 0 Å². The highest BCUT2D eigenvalue weighted by Gasteiger charge is 2.15. The molecule has 0 N–H and O–H groups in total. The first kappa shape index (κ1) is 24.5. The first-order chi connectivity index (χ1) is 19.5. The van der Waals surface area contributed by atoms with Crippen molar-refractivity contribution in [3.05, 3.63) is 121 Å². The van der Waals surface area contributed by atoms with E-state index >= 15 is 0 Å². The van der Waals surface area contributed by atoms with Gasteiger partial charge in [-0.1, -0.05) is 113 Å². The van der Waals surface area contributed by atoms with Crippen molar-refractivity contribution >= 4 is 43.4 Å². The van der Waals surface area contributed by atoms with Gasteiger partial charge in [-0.2, -0.15) is 0 Å². The molecule has 5 aromatic carbocycles. The van der Waals surface area contributed by atoms with Gasteiger partial charge in [0, 0.05) is 22.2 Å². The van der Waals surface area contributed by atoms with Crippen molar-refractivity contribution in [2.75, 3.05) is 0 Å². The Morgan fingerprint density at radius 1 is 0.425 bits per heavy atom. The topological polar surface area (TPSA) is 25.8 Å². The summed E-state index contributed by atoms with van der Waals surface area (Å²) in [5.74, 6) is 0.675. The molecule has 0 spiro atoms. The second kappa shape index (κ2) is 9.57. The van der Waals surface area contributed by atoms with Gasteiger partial charge < -0.3 is 0 Å². The summed E-state index contributed by atoms with van der Waals surface area (Å²) < 4.78 is 0. The SMILES string of the molecule is CC(C)c1ccc2ccc3c(-c4cccc(-c5ccc6c(ccc7ccccc76)c5)c4)cc(C(C)C)nc3c2n1. The van der Waals surface area contributed by atoms with Gasteiger partial charge in [0.05, 0.1) is 11.0 Å². The quantitative estimate of drug-likeness (QED) is 0.217. The lowest BCUT2D eigenvalue weighted by atomic mass is 9.93. The van der Waals surface area contributed by atoms with Crippen LogP contribution in [0.25, 0.3) is 65.6 Å². The van der Waals surface area contributed by atoms with Crippen LogP contribution in [0, 0.1) is 0 Å². The van der Waals surface area contributed by atoms with Crippen molar-refractivity contribution in [2.24, 2.45) is 0 Å². The molecule has 0 unspecified atom stereocenters. The van der Waals surface area contributed by atoms with Crippen molar-refractivity contribution in [2.45, 2.75) is 39.5 Å². The van der Waals surface area contributed by atoms with Gasteiger partial charge in [0.1, 0.15) is 0 Å². The van der Waals surface area contributed by atoms with E-state index in [1.54, 1.807) is 0 Å². The number of rotatable bonds is 4. The fraction of sp³-hybridized carbons (Fsp3) is 0.158. The Balaban J connectivity index is 1.41.